The zero-order valence-electron chi connectivity index (χ0n) is 18.0. The zero-order valence-corrected chi connectivity index (χ0v) is 18.8. The molecule has 1 amide bonds. The van der Waals surface area contributed by atoms with Gasteiger partial charge in [-0.1, -0.05) is 19.9 Å². The molecule has 2 rings (SSSR count). The summed E-state index contributed by atoms with van der Waals surface area (Å²) in [4.78, 5) is 12.3. The summed E-state index contributed by atoms with van der Waals surface area (Å²) in [6, 6.07) is 12.6. The second-order valence-electron chi connectivity index (χ2n) is 7.11. The minimum absolute atomic E-state index is 0.255. The molecule has 0 saturated carbocycles. The van der Waals surface area contributed by atoms with Gasteiger partial charge in [0, 0.05) is 12.1 Å². The van der Waals surface area contributed by atoms with Gasteiger partial charge >= 0.3 is 0 Å². The van der Waals surface area contributed by atoms with Gasteiger partial charge in [-0.05, 0) is 73.4 Å². The molecule has 2 aromatic carbocycles. The number of amides is 1. The monoisotopic (exact) mass is 430 g/mol. The number of carbonyl (C=O) groups excluding carboxylic acids is 1. The minimum atomic E-state index is -0.276. The molecule has 30 heavy (non-hydrogen) atoms. The minimum Gasteiger partial charge on any atom is -0.494 e. The SMILES string of the molecule is CCOc1ccc(C(=O)NC(=S)NCc2ccc(OCCC(C)C)c(OC)c2)cc1. The van der Waals surface area contributed by atoms with Gasteiger partial charge < -0.3 is 19.5 Å². The van der Waals surface area contributed by atoms with Crippen LogP contribution in [0.4, 0.5) is 0 Å². The fourth-order valence-corrected chi connectivity index (χ4v) is 2.78. The molecule has 0 bridgehead atoms. The Kier molecular flexibility index (Phi) is 9.41. The Morgan fingerprint density at radius 1 is 1.07 bits per heavy atom. The molecule has 0 aromatic heterocycles. The fourth-order valence-electron chi connectivity index (χ4n) is 2.62. The van der Waals surface area contributed by atoms with Crippen molar-refractivity contribution in [1.82, 2.24) is 10.6 Å². The molecule has 7 heteroatoms. The topological polar surface area (TPSA) is 68.8 Å². The van der Waals surface area contributed by atoms with Gasteiger partial charge in [0.25, 0.3) is 5.91 Å². The first-order valence-corrected chi connectivity index (χ1v) is 10.5. The van der Waals surface area contributed by atoms with E-state index in [0.717, 1.165) is 17.7 Å². The molecular formula is C23H30N2O4S. The average Bonchev–Trinajstić information content (AvgIpc) is 2.73. The number of rotatable bonds is 10. The molecule has 2 N–H and O–H groups in total. The number of thiocarbonyl (C=S) groups is 1. The van der Waals surface area contributed by atoms with Crippen molar-refractivity contribution in [3.05, 3.63) is 53.6 Å². The van der Waals surface area contributed by atoms with E-state index in [1.165, 1.54) is 0 Å². The number of nitrogens with one attached hydrogen (secondary N) is 2. The molecule has 0 atom stereocenters. The summed E-state index contributed by atoms with van der Waals surface area (Å²) < 4.78 is 16.6. The van der Waals surface area contributed by atoms with E-state index in [1.54, 1.807) is 31.4 Å². The van der Waals surface area contributed by atoms with Crippen molar-refractivity contribution in [1.29, 1.82) is 0 Å². The summed E-state index contributed by atoms with van der Waals surface area (Å²) >= 11 is 5.24. The summed E-state index contributed by atoms with van der Waals surface area (Å²) in [7, 11) is 1.61. The quantitative estimate of drug-likeness (QED) is 0.547. The normalized spacial score (nSPS) is 10.4. The van der Waals surface area contributed by atoms with Gasteiger partial charge in [-0.3, -0.25) is 10.1 Å². The molecule has 162 valence electrons. The van der Waals surface area contributed by atoms with Gasteiger partial charge in [0.05, 0.1) is 20.3 Å². The molecule has 0 fully saturated rings. The van der Waals surface area contributed by atoms with Crippen molar-refractivity contribution in [3.8, 4) is 17.2 Å². The highest BCUT2D eigenvalue weighted by Crippen LogP contribution is 2.28. The van der Waals surface area contributed by atoms with Gasteiger partial charge in [0.2, 0.25) is 0 Å². The summed E-state index contributed by atoms with van der Waals surface area (Å²) in [6.45, 7) is 7.90. The maximum absolute atomic E-state index is 12.3. The number of hydrogen-bond donors (Lipinski definition) is 2. The molecule has 6 nitrogen and oxygen atoms in total. The predicted molar refractivity (Wildman–Crippen MR) is 122 cm³/mol. The lowest BCUT2D eigenvalue weighted by Gasteiger charge is -2.14. The van der Waals surface area contributed by atoms with E-state index in [-0.39, 0.29) is 11.0 Å². The molecular weight excluding hydrogens is 400 g/mol. The maximum atomic E-state index is 12.3. The Labute approximate surface area is 183 Å². The number of ether oxygens (including phenoxy) is 3. The number of carbonyl (C=O) groups is 1. The Hall–Kier alpha value is -2.80. The van der Waals surface area contributed by atoms with Crippen LogP contribution in [0.3, 0.4) is 0 Å². The second-order valence-corrected chi connectivity index (χ2v) is 7.52. The van der Waals surface area contributed by atoms with Crippen molar-refractivity contribution in [2.45, 2.75) is 33.7 Å². The van der Waals surface area contributed by atoms with Crippen molar-refractivity contribution < 1.29 is 19.0 Å². The molecule has 0 spiro atoms. The molecule has 0 heterocycles. The molecule has 0 aliphatic rings. The lowest BCUT2D eigenvalue weighted by Crippen LogP contribution is -2.38. The van der Waals surface area contributed by atoms with Crippen molar-refractivity contribution in [3.63, 3.8) is 0 Å². The summed E-state index contributed by atoms with van der Waals surface area (Å²) in [5, 5.41) is 5.97. The molecule has 0 unspecified atom stereocenters. The highest BCUT2D eigenvalue weighted by molar-refractivity contribution is 7.80. The van der Waals surface area contributed by atoms with E-state index in [1.807, 2.05) is 25.1 Å². The van der Waals surface area contributed by atoms with Gasteiger partial charge in [-0.25, -0.2) is 0 Å². The van der Waals surface area contributed by atoms with E-state index in [9.17, 15) is 4.79 Å². The number of methoxy groups -OCH3 is 1. The van der Waals surface area contributed by atoms with Crippen LogP contribution in [0.5, 0.6) is 17.2 Å². The molecule has 0 aliphatic heterocycles. The third-order valence-corrected chi connectivity index (χ3v) is 4.53. The Morgan fingerprint density at radius 3 is 2.43 bits per heavy atom. The van der Waals surface area contributed by atoms with E-state index >= 15 is 0 Å². The molecule has 0 saturated heterocycles. The molecule has 0 aliphatic carbocycles. The van der Waals surface area contributed by atoms with Crippen LogP contribution in [0.1, 0.15) is 43.1 Å². The van der Waals surface area contributed by atoms with Gasteiger partial charge in [-0.15, -0.1) is 0 Å². The van der Waals surface area contributed by atoms with E-state index in [4.69, 9.17) is 26.4 Å². The van der Waals surface area contributed by atoms with E-state index < -0.39 is 0 Å². The van der Waals surface area contributed by atoms with E-state index in [2.05, 4.69) is 24.5 Å². The van der Waals surface area contributed by atoms with Crippen LogP contribution >= 0.6 is 12.2 Å². The first-order chi connectivity index (χ1) is 14.4. The fraction of sp³-hybridized carbons (Fsp3) is 0.391. The van der Waals surface area contributed by atoms with Gasteiger partial charge in [0.1, 0.15) is 5.75 Å². The van der Waals surface area contributed by atoms with Crippen LogP contribution < -0.4 is 24.8 Å². The summed E-state index contributed by atoms with van der Waals surface area (Å²) in [5.41, 5.74) is 1.47. The average molecular weight is 431 g/mol. The van der Waals surface area contributed by atoms with Crippen LogP contribution in [-0.2, 0) is 6.54 Å². The Morgan fingerprint density at radius 2 is 1.80 bits per heavy atom. The highest BCUT2D eigenvalue weighted by Gasteiger charge is 2.10. The number of benzene rings is 2. The lowest BCUT2D eigenvalue weighted by molar-refractivity contribution is 0.0976. The van der Waals surface area contributed by atoms with Crippen LogP contribution in [0.15, 0.2) is 42.5 Å². The largest absolute Gasteiger partial charge is 0.494 e. The van der Waals surface area contributed by atoms with Gasteiger partial charge in [0.15, 0.2) is 16.6 Å². The lowest BCUT2D eigenvalue weighted by atomic mass is 10.1. The standard InChI is InChI=1S/C23H30N2O4S/c1-5-28-19-9-7-18(8-10-19)22(26)25-23(30)24-15-17-6-11-20(21(14-17)27-4)29-13-12-16(2)3/h6-11,14,16H,5,12-13,15H2,1-4H3,(H2,24,25,26,30). The third-order valence-electron chi connectivity index (χ3n) is 4.29. The van der Waals surface area contributed by atoms with Crippen LogP contribution in [0.2, 0.25) is 0 Å². The Bertz CT molecular complexity index is 838. The van der Waals surface area contributed by atoms with Crippen LogP contribution in [-0.4, -0.2) is 31.3 Å². The summed E-state index contributed by atoms with van der Waals surface area (Å²) in [6.07, 6.45) is 0.981. The Balaban J connectivity index is 1.86. The molecule has 0 radical (unpaired) electrons. The first-order valence-electron chi connectivity index (χ1n) is 10.0. The van der Waals surface area contributed by atoms with Crippen molar-refractivity contribution in [2.75, 3.05) is 20.3 Å². The van der Waals surface area contributed by atoms with Crippen LogP contribution in [0, 0.1) is 5.92 Å². The molecule has 2 aromatic rings. The predicted octanol–water partition coefficient (Wildman–Crippen LogP) is 4.32. The number of hydrogen-bond acceptors (Lipinski definition) is 5. The smallest absolute Gasteiger partial charge is 0.257 e. The van der Waals surface area contributed by atoms with Crippen molar-refractivity contribution >= 4 is 23.2 Å². The van der Waals surface area contributed by atoms with Crippen LogP contribution in [0.25, 0.3) is 0 Å². The van der Waals surface area contributed by atoms with Crippen molar-refractivity contribution in [2.24, 2.45) is 5.92 Å². The van der Waals surface area contributed by atoms with Gasteiger partial charge in [-0.2, -0.15) is 0 Å². The first kappa shape index (κ1) is 23.5. The highest BCUT2D eigenvalue weighted by atomic mass is 32.1. The maximum Gasteiger partial charge on any atom is 0.257 e. The third kappa shape index (κ3) is 7.55. The summed E-state index contributed by atoms with van der Waals surface area (Å²) in [5.74, 6) is 2.41. The second kappa shape index (κ2) is 12.0. The van der Waals surface area contributed by atoms with E-state index in [0.29, 0.717) is 42.7 Å². The zero-order chi connectivity index (χ0) is 21.9.